The van der Waals surface area contributed by atoms with Crippen molar-refractivity contribution >= 4 is 39.6 Å². The Morgan fingerprint density at radius 3 is 2.07 bits per heavy atom. The van der Waals surface area contributed by atoms with Crippen LogP contribution in [0.25, 0.3) is 0 Å². The number of phenols is 2. The molecule has 44 heavy (non-hydrogen) atoms. The molecule has 14 nitrogen and oxygen atoms in total. The molecule has 1 heterocycles. The maximum atomic E-state index is 13.5. The van der Waals surface area contributed by atoms with Crippen LogP contribution in [0.2, 0.25) is 0 Å². The molecule has 15 heteroatoms. The number of carboxylic acid groups (broad SMARTS) is 2. The van der Waals surface area contributed by atoms with Crippen LogP contribution in [0.1, 0.15) is 53.3 Å². The fraction of sp³-hybridized carbons (Fsp3) is 0.207. The Kier molecular flexibility index (Phi) is 7.84. The number of hydrogen-bond donors (Lipinski definition) is 5. The summed E-state index contributed by atoms with van der Waals surface area (Å²) in [6.45, 7) is -0.605. The van der Waals surface area contributed by atoms with Gasteiger partial charge in [0, 0.05) is 49.4 Å². The van der Waals surface area contributed by atoms with Crippen LogP contribution in [0.4, 0.5) is 4.79 Å². The second-order valence-electron chi connectivity index (χ2n) is 10.1. The number of aliphatic carboxylic acids is 1. The number of carboxylic acids is 2. The number of hydrogen-bond acceptors (Lipinski definition) is 9. The average Bonchev–Trinajstić information content (AvgIpc) is 3.00. The van der Waals surface area contributed by atoms with Crippen LogP contribution in [0.15, 0.2) is 53.4 Å². The number of aromatic hydroxyl groups is 2. The molecule has 5 N–H and O–H groups in total. The number of nitrogens with one attached hydrogen (secondary N) is 1. The van der Waals surface area contributed by atoms with Gasteiger partial charge in [0.25, 0.3) is 0 Å². The summed E-state index contributed by atoms with van der Waals surface area (Å²) < 4.78 is 28.0. The smallest absolute Gasteiger partial charge is 0.335 e. The fourth-order valence-electron chi connectivity index (χ4n) is 5.21. The molecule has 0 radical (unpaired) electrons. The number of amides is 2. The largest absolute Gasteiger partial charge is 0.504 e. The average molecular weight is 624 g/mol. The number of carbonyl (C=O) groups excluding carboxylic acids is 3. The zero-order valence-corrected chi connectivity index (χ0v) is 23.6. The maximum absolute atomic E-state index is 13.5. The normalized spacial score (nSPS) is 15.0. The number of ketones is 2. The van der Waals surface area contributed by atoms with Crippen molar-refractivity contribution in [2.75, 3.05) is 26.2 Å². The van der Waals surface area contributed by atoms with E-state index < -0.39 is 67.9 Å². The van der Waals surface area contributed by atoms with Crippen LogP contribution in [-0.4, -0.2) is 93.8 Å². The molecular weight excluding hydrogens is 598 g/mol. The third kappa shape index (κ3) is 5.33. The van der Waals surface area contributed by atoms with E-state index in [1.165, 1.54) is 47.4 Å². The summed E-state index contributed by atoms with van der Waals surface area (Å²) in [5, 5.41) is 42.3. The lowest BCUT2D eigenvalue weighted by molar-refractivity contribution is -0.136. The number of sulfonamides is 1. The first-order chi connectivity index (χ1) is 20.8. The van der Waals surface area contributed by atoms with E-state index in [0.29, 0.717) is 5.56 Å². The van der Waals surface area contributed by atoms with Crippen molar-refractivity contribution in [2.45, 2.75) is 17.9 Å². The third-order valence-corrected chi connectivity index (χ3v) is 9.37. The second kappa shape index (κ2) is 11.4. The quantitative estimate of drug-likeness (QED) is 0.185. The van der Waals surface area contributed by atoms with Crippen LogP contribution in [-0.2, 0) is 27.8 Å². The van der Waals surface area contributed by atoms with Gasteiger partial charge in [-0.3, -0.25) is 14.4 Å². The van der Waals surface area contributed by atoms with Crippen LogP contribution in [0.3, 0.4) is 0 Å². The van der Waals surface area contributed by atoms with Gasteiger partial charge in [0.05, 0.1) is 17.5 Å². The molecule has 5 rings (SSSR count). The van der Waals surface area contributed by atoms with Crippen molar-refractivity contribution < 1.29 is 52.8 Å². The third-order valence-electron chi connectivity index (χ3n) is 7.46. The Morgan fingerprint density at radius 2 is 1.45 bits per heavy atom. The van der Waals surface area contributed by atoms with E-state index in [0.717, 1.165) is 10.4 Å². The number of benzene rings is 3. The summed E-state index contributed by atoms with van der Waals surface area (Å²) in [5.41, 5.74) is -0.484. The lowest BCUT2D eigenvalue weighted by Gasteiger charge is -2.34. The molecule has 1 aliphatic carbocycles. The highest BCUT2D eigenvalue weighted by Crippen LogP contribution is 2.43. The van der Waals surface area contributed by atoms with Gasteiger partial charge in [-0.2, -0.15) is 4.31 Å². The van der Waals surface area contributed by atoms with Crippen LogP contribution < -0.4 is 5.32 Å². The molecule has 0 atom stereocenters. The van der Waals surface area contributed by atoms with E-state index in [2.05, 4.69) is 5.32 Å². The molecule has 0 spiro atoms. The molecule has 3 aromatic carbocycles. The van der Waals surface area contributed by atoms with E-state index in [4.69, 9.17) is 5.11 Å². The highest BCUT2D eigenvalue weighted by Gasteiger charge is 2.39. The van der Waals surface area contributed by atoms with Gasteiger partial charge < -0.3 is 30.6 Å². The predicted octanol–water partition coefficient (Wildman–Crippen LogP) is 1.41. The first kappa shape index (κ1) is 30.2. The molecule has 0 unspecified atom stereocenters. The molecule has 0 saturated carbocycles. The zero-order chi connectivity index (χ0) is 31.9. The van der Waals surface area contributed by atoms with Gasteiger partial charge in [-0.1, -0.05) is 36.4 Å². The molecule has 1 fully saturated rings. The van der Waals surface area contributed by atoms with Crippen LogP contribution >= 0.6 is 0 Å². The Balaban J connectivity index is 1.28. The Hall–Kier alpha value is -5.28. The first-order valence-electron chi connectivity index (χ1n) is 13.2. The number of nitrogens with zero attached hydrogens (tertiary/aromatic N) is 2. The summed E-state index contributed by atoms with van der Waals surface area (Å²) in [6.07, 6.45) is -0.479. The number of urea groups is 1. The lowest BCUT2D eigenvalue weighted by Crippen LogP contribution is -2.53. The summed E-state index contributed by atoms with van der Waals surface area (Å²) in [6, 6.07) is 10.3. The SMILES string of the molecule is O=C(O)Cc1ccc(CNC(=O)N2CCN(S(=O)(=O)c3cc4c(c(O)c3O)C(=O)c3ccccc3C4=O)CC2)cc1C(=O)O. The van der Waals surface area contributed by atoms with Crippen molar-refractivity contribution in [3.63, 3.8) is 0 Å². The monoisotopic (exact) mass is 623 g/mol. The Morgan fingerprint density at radius 1 is 0.818 bits per heavy atom. The van der Waals surface area contributed by atoms with Crippen LogP contribution in [0.5, 0.6) is 11.5 Å². The number of piperazine rings is 1. The maximum Gasteiger partial charge on any atom is 0.335 e. The molecule has 1 aliphatic heterocycles. The molecule has 228 valence electrons. The van der Waals surface area contributed by atoms with Crippen molar-refractivity contribution in [2.24, 2.45) is 0 Å². The summed E-state index contributed by atoms with van der Waals surface area (Å²) >= 11 is 0. The number of carbonyl (C=O) groups is 5. The van der Waals surface area contributed by atoms with E-state index in [-0.39, 0.29) is 60.5 Å². The van der Waals surface area contributed by atoms with Gasteiger partial charge >= 0.3 is 18.0 Å². The predicted molar refractivity (Wildman–Crippen MR) is 150 cm³/mol. The van der Waals surface area contributed by atoms with Crippen molar-refractivity contribution in [1.29, 1.82) is 0 Å². The number of fused-ring (bicyclic) bond motifs is 2. The minimum atomic E-state index is -4.49. The van der Waals surface area contributed by atoms with E-state index in [1.54, 1.807) is 0 Å². The highest BCUT2D eigenvalue weighted by atomic mass is 32.2. The fourth-order valence-corrected chi connectivity index (χ4v) is 6.74. The van der Waals surface area contributed by atoms with E-state index in [1.807, 2.05) is 0 Å². The van der Waals surface area contributed by atoms with Gasteiger partial charge in [0.15, 0.2) is 23.1 Å². The van der Waals surface area contributed by atoms with Crippen LogP contribution in [0, 0.1) is 0 Å². The zero-order valence-electron chi connectivity index (χ0n) is 22.8. The number of rotatable bonds is 7. The summed E-state index contributed by atoms with van der Waals surface area (Å²) in [7, 11) is -4.49. The molecule has 3 aromatic rings. The number of aromatic carboxylic acids is 1. The standard InChI is InChI=1S/C29H25N3O11S/c33-22(34)12-16-6-5-15(11-19(16)28(39)40)14-30-29(41)31-7-9-32(10-8-31)44(42,43)21-13-20-23(27(38)26(21)37)25(36)18-4-2-1-3-17(18)24(20)35/h1-6,11,13,37-38H,7-10,12,14H2,(H,30,41)(H,33,34)(H,39,40). The van der Waals surface area contributed by atoms with Gasteiger partial charge in [0.1, 0.15) is 4.90 Å². The molecule has 2 amide bonds. The number of phenolic OH excluding ortho intramolecular Hbond substituents is 2. The summed E-state index contributed by atoms with van der Waals surface area (Å²) in [4.78, 5) is 61.9. The Bertz CT molecular complexity index is 1860. The highest BCUT2D eigenvalue weighted by molar-refractivity contribution is 7.89. The van der Waals surface area contributed by atoms with E-state index in [9.17, 15) is 47.7 Å². The second-order valence-corrected chi connectivity index (χ2v) is 12.0. The van der Waals surface area contributed by atoms with E-state index >= 15 is 0 Å². The van der Waals surface area contributed by atoms with Crippen molar-refractivity contribution in [3.8, 4) is 11.5 Å². The topological polar surface area (TPSA) is 219 Å². The Labute approximate surface area is 249 Å². The molecule has 1 saturated heterocycles. The van der Waals surface area contributed by atoms with Crippen molar-refractivity contribution in [1.82, 2.24) is 14.5 Å². The molecular formula is C29H25N3O11S. The van der Waals surface area contributed by atoms with Gasteiger partial charge in [-0.15, -0.1) is 0 Å². The lowest BCUT2D eigenvalue weighted by atomic mass is 9.83. The van der Waals surface area contributed by atoms with Gasteiger partial charge in [-0.05, 0) is 23.3 Å². The first-order valence-corrected chi connectivity index (χ1v) is 14.6. The van der Waals surface area contributed by atoms with Gasteiger partial charge in [-0.25, -0.2) is 18.0 Å². The molecule has 0 aromatic heterocycles. The minimum Gasteiger partial charge on any atom is -0.504 e. The molecule has 0 bridgehead atoms. The van der Waals surface area contributed by atoms with Gasteiger partial charge in [0.2, 0.25) is 10.0 Å². The molecule has 2 aliphatic rings. The van der Waals surface area contributed by atoms with Crippen molar-refractivity contribution in [3.05, 3.63) is 87.5 Å². The minimum absolute atomic E-state index is 0.0160. The summed E-state index contributed by atoms with van der Waals surface area (Å²) in [5.74, 6) is -6.01.